The van der Waals surface area contributed by atoms with Crippen LogP contribution >= 0.6 is 0 Å². The molecule has 1 saturated carbocycles. The molecule has 1 aliphatic carbocycles. The van der Waals surface area contributed by atoms with Gasteiger partial charge in [-0.25, -0.2) is 4.98 Å². The summed E-state index contributed by atoms with van der Waals surface area (Å²) in [6, 6.07) is 5.40. The summed E-state index contributed by atoms with van der Waals surface area (Å²) in [7, 11) is 0. The van der Waals surface area contributed by atoms with E-state index in [1.165, 1.54) is 18.6 Å². The zero-order valence-electron chi connectivity index (χ0n) is 31.5. The van der Waals surface area contributed by atoms with E-state index in [1.54, 1.807) is 18.7 Å². The van der Waals surface area contributed by atoms with Gasteiger partial charge in [0.2, 0.25) is 23.5 Å². The number of nitrogens with zero attached hydrogens (tertiary/aromatic N) is 3. The number of nitrogens with one attached hydrogen (secondary N) is 4. The average molecular weight is 718 g/mol. The minimum Gasteiger partial charge on any atom is -0.347 e. The summed E-state index contributed by atoms with van der Waals surface area (Å²) in [6.45, 7) is 13.1. The predicted octanol–water partition coefficient (Wildman–Crippen LogP) is 2.99. The number of fused-ring (bicyclic) bond motifs is 1. The molecule has 4 N–H and O–H groups in total. The zero-order chi connectivity index (χ0) is 38.2. The van der Waals surface area contributed by atoms with Gasteiger partial charge in [-0.05, 0) is 61.3 Å². The minimum atomic E-state index is -1.05. The SMILES string of the molecule is CCCC(NC(=O)[C@@H]1C2CCCC2CN1C(=O)[C@@H](NC(=O)[C@@H](NC(=O)c1cnccn1)C(C)C)C(C)(C)C)C(=O)C(=O)N[C@@H](C)Cc1ccccc1. The van der Waals surface area contributed by atoms with Gasteiger partial charge in [-0.2, -0.15) is 0 Å². The van der Waals surface area contributed by atoms with Crippen molar-refractivity contribution >= 4 is 35.3 Å². The molecule has 0 spiro atoms. The first-order valence-corrected chi connectivity index (χ1v) is 18.5. The monoisotopic (exact) mass is 717 g/mol. The first-order chi connectivity index (χ1) is 24.6. The van der Waals surface area contributed by atoms with E-state index < -0.39 is 64.9 Å². The van der Waals surface area contributed by atoms with E-state index in [-0.39, 0.29) is 35.9 Å². The molecule has 52 heavy (non-hydrogen) atoms. The number of Topliss-reactive ketones (excluding diaryl/α,β-unsaturated/α-hetero) is 1. The molecule has 13 nitrogen and oxygen atoms in total. The second-order valence-electron chi connectivity index (χ2n) is 15.7. The van der Waals surface area contributed by atoms with Crippen molar-refractivity contribution in [3.05, 3.63) is 60.2 Å². The fourth-order valence-corrected chi connectivity index (χ4v) is 7.37. The Morgan fingerprint density at radius 3 is 2.25 bits per heavy atom. The van der Waals surface area contributed by atoms with Crippen molar-refractivity contribution in [1.82, 2.24) is 36.1 Å². The summed E-state index contributed by atoms with van der Waals surface area (Å²) in [5, 5.41) is 11.3. The van der Waals surface area contributed by atoms with Crippen molar-refractivity contribution in [3.63, 3.8) is 0 Å². The highest BCUT2D eigenvalue weighted by Gasteiger charge is 2.52. The smallest absolute Gasteiger partial charge is 0.289 e. The Bertz CT molecular complexity index is 1580. The Morgan fingerprint density at radius 2 is 1.63 bits per heavy atom. The molecule has 2 fully saturated rings. The molecule has 2 heterocycles. The maximum Gasteiger partial charge on any atom is 0.289 e. The molecule has 4 rings (SSSR count). The highest BCUT2D eigenvalue weighted by atomic mass is 16.2. The van der Waals surface area contributed by atoms with Crippen molar-refractivity contribution in [2.45, 2.75) is 117 Å². The predicted molar refractivity (Wildman–Crippen MR) is 195 cm³/mol. The van der Waals surface area contributed by atoms with Crippen LogP contribution in [-0.4, -0.2) is 86.9 Å². The largest absolute Gasteiger partial charge is 0.347 e. The van der Waals surface area contributed by atoms with Gasteiger partial charge < -0.3 is 26.2 Å². The highest BCUT2D eigenvalue weighted by molar-refractivity contribution is 6.38. The standard InChI is InChI=1S/C39H55N7O6/c1-8-13-28(32(47)37(51)42-24(4)20-25-14-10-9-11-15-25)43-36(50)31-27-17-12-16-26(27)22-46(31)38(52)33(39(5,6)7)45-35(49)30(23(2)3)44-34(48)29-21-40-18-19-41-29/h9-11,14-15,18-19,21,23-24,26-28,30-31,33H,8,12-13,16-17,20,22H2,1-7H3,(H,42,51)(H,43,50)(H,44,48)(H,45,49)/t24-,26?,27?,28?,30-,31-,33+/m0/s1. The van der Waals surface area contributed by atoms with E-state index in [0.717, 1.165) is 24.8 Å². The van der Waals surface area contributed by atoms with Crippen molar-refractivity contribution in [2.75, 3.05) is 6.54 Å². The van der Waals surface area contributed by atoms with Gasteiger partial charge in [0.1, 0.15) is 23.8 Å². The Labute approximate surface area is 306 Å². The average Bonchev–Trinajstić information content (AvgIpc) is 3.70. The third-order valence-electron chi connectivity index (χ3n) is 10.1. The second kappa shape index (κ2) is 17.7. The number of hydrogen-bond acceptors (Lipinski definition) is 8. The fourth-order valence-electron chi connectivity index (χ4n) is 7.37. The highest BCUT2D eigenvalue weighted by Crippen LogP contribution is 2.43. The molecular weight excluding hydrogens is 662 g/mol. The van der Waals surface area contributed by atoms with E-state index in [0.29, 0.717) is 19.4 Å². The summed E-state index contributed by atoms with van der Waals surface area (Å²) in [6.07, 6.45) is 8.00. The number of hydrogen-bond donors (Lipinski definition) is 4. The van der Waals surface area contributed by atoms with E-state index in [9.17, 15) is 28.8 Å². The molecule has 282 valence electrons. The molecule has 2 aromatic rings. The van der Waals surface area contributed by atoms with Crippen LogP contribution in [0.4, 0.5) is 0 Å². The quantitative estimate of drug-likeness (QED) is 0.203. The van der Waals surface area contributed by atoms with Gasteiger partial charge in [-0.15, -0.1) is 0 Å². The molecule has 13 heteroatoms. The lowest BCUT2D eigenvalue weighted by atomic mass is 9.85. The van der Waals surface area contributed by atoms with Gasteiger partial charge in [0.25, 0.3) is 11.8 Å². The van der Waals surface area contributed by atoms with Crippen molar-refractivity contribution < 1.29 is 28.8 Å². The van der Waals surface area contributed by atoms with Gasteiger partial charge in [0.15, 0.2) is 0 Å². The molecule has 0 radical (unpaired) electrons. The van der Waals surface area contributed by atoms with Gasteiger partial charge >= 0.3 is 0 Å². The van der Waals surface area contributed by atoms with Crippen LogP contribution in [0, 0.1) is 23.2 Å². The van der Waals surface area contributed by atoms with E-state index in [4.69, 9.17) is 0 Å². The topological polar surface area (TPSA) is 180 Å². The van der Waals surface area contributed by atoms with E-state index in [1.807, 2.05) is 65.0 Å². The van der Waals surface area contributed by atoms with E-state index >= 15 is 0 Å². The molecule has 1 aliphatic heterocycles. The number of benzene rings is 1. The Balaban J connectivity index is 1.50. The van der Waals surface area contributed by atoms with Crippen LogP contribution in [0.15, 0.2) is 48.9 Å². The Kier molecular flexibility index (Phi) is 13.6. The van der Waals surface area contributed by atoms with Crippen LogP contribution in [-0.2, 0) is 30.4 Å². The summed E-state index contributed by atoms with van der Waals surface area (Å²) in [4.78, 5) is 91.5. The molecule has 2 aliphatic rings. The molecule has 1 saturated heterocycles. The van der Waals surface area contributed by atoms with Crippen LogP contribution in [0.5, 0.6) is 0 Å². The van der Waals surface area contributed by atoms with Gasteiger partial charge in [-0.3, -0.25) is 33.8 Å². The lowest BCUT2D eigenvalue weighted by molar-refractivity contribution is -0.146. The normalized spacial score (nSPS) is 20.6. The van der Waals surface area contributed by atoms with E-state index in [2.05, 4.69) is 31.2 Å². The number of carbonyl (C=O) groups excluding carboxylic acids is 6. The molecule has 3 unspecified atom stereocenters. The summed E-state index contributed by atoms with van der Waals surface area (Å²) < 4.78 is 0. The first kappa shape index (κ1) is 40.1. The van der Waals surface area contributed by atoms with Gasteiger partial charge in [-0.1, -0.05) is 84.7 Å². The molecule has 0 bridgehead atoms. The number of rotatable bonds is 15. The third-order valence-corrected chi connectivity index (χ3v) is 10.1. The minimum absolute atomic E-state index is 0.0564. The molecule has 7 atom stereocenters. The molecule has 1 aromatic carbocycles. The number of ketones is 1. The second-order valence-corrected chi connectivity index (χ2v) is 15.7. The number of aromatic nitrogens is 2. The molecule has 5 amide bonds. The van der Waals surface area contributed by atoms with Gasteiger partial charge in [0, 0.05) is 25.0 Å². The number of carbonyl (C=O) groups is 6. The molecular formula is C39H55N7O6. The van der Waals surface area contributed by atoms with Crippen LogP contribution in [0.3, 0.4) is 0 Å². The molecule has 1 aromatic heterocycles. The van der Waals surface area contributed by atoms with Crippen LogP contribution in [0.1, 0.15) is 96.6 Å². The zero-order valence-corrected chi connectivity index (χ0v) is 31.5. The summed E-state index contributed by atoms with van der Waals surface area (Å²) >= 11 is 0. The Hall–Kier alpha value is -4.68. The maximum atomic E-state index is 14.5. The van der Waals surface area contributed by atoms with Crippen LogP contribution in [0.25, 0.3) is 0 Å². The van der Waals surface area contributed by atoms with Crippen molar-refractivity contribution in [2.24, 2.45) is 23.2 Å². The first-order valence-electron chi connectivity index (χ1n) is 18.5. The Morgan fingerprint density at radius 1 is 0.923 bits per heavy atom. The third kappa shape index (κ3) is 10.0. The van der Waals surface area contributed by atoms with Crippen LogP contribution in [0.2, 0.25) is 0 Å². The van der Waals surface area contributed by atoms with Crippen molar-refractivity contribution in [3.8, 4) is 0 Å². The lowest BCUT2D eigenvalue weighted by Crippen LogP contribution is -2.62. The maximum absolute atomic E-state index is 14.5. The van der Waals surface area contributed by atoms with Crippen molar-refractivity contribution in [1.29, 1.82) is 0 Å². The van der Waals surface area contributed by atoms with Crippen LogP contribution < -0.4 is 21.3 Å². The summed E-state index contributed by atoms with van der Waals surface area (Å²) in [5.41, 5.74) is 0.312. The number of amides is 5. The summed E-state index contributed by atoms with van der Waals surface area (Å²) in [5.74, 6) is -3.84. The lowest BCUT2D eigenvalue weighted by Gasteiger charge is -2.37. The van der Waals surface area contributed by atoms with Gasteiger partial charge in [0.05, 0.1) is 12.2 Å². The number of likely N-dealkylation sites (tertiary alicyclic amines) is 1. The fraction of sp³-hybridized carbons (Fsp3) is 0.590.